The van der Waals surface area contributed by atoms with Crippen molar-refractivity contribution in [3.63, 3.8) is 0 Å². The van der Waals surface area contributed by atoms with Crippen LogP contribution in [-0.2, 0) is 6.54 Å². The summed E-state index contributed by atoms with van der Waals surface area (Å²) in [4.78, 5) is 5.22. The molecule has 1 aromatic heterocycles. The van der Waals surface area contributed by atoms with E-state index in [1.165, 1.54) is 32.5 Å². The fraction of sp³-hybridized carbons (Fsp3) is 0.692. The van der Waals surface area contributed by atoms with Crippen LogP contribution in [0.5, 0.6) is 0 Å². The Morgan fingerprint density at radius 3 is 3.19 bits per heavy atom. The van der Waals surface area contributed by atoms with Gasteiger partial charge in [-0.15, -0.1) is 0 Å². The average molecular weight is 220 g/mol. The van der Waals surface area contributed by atoms with Gasteiger partial charge in [0.15, 0.2) is 0 Å². The third-order valence-electron chi connectivity index (χ3n) is 4.01. The van der Waals surface area contributed by atoms with Gasteiger partial charge in [0.05, 0.1) is 12.8 Å². The highest BCUT2D eigenvalue weighted by Crippen LogP contribution is 2.25. The summed E-state index contributed by atoms with van der Waals surface area (Å²) in [6.45, 7) is 7.05. The number of rotatable bonds is 2. The van der Waals surface area contributed by atoms with E-state index in [1.54, 1.807) is 6.26 Å². The summed E-state index contributed by atoms with van der Waals surface area (Å²) in [5.41, 5.74) is 0. The highest BCUT2D eigenvalue weighted by Gasteiger charge is 2.34. The molecule has 0 bridgehead atoms. The Bertz CT molecular complexity index is 336. The minimum atomic E-state index is 0.652. The summed E-state index contributed by atoms with van der Waals surface area (Å²) in [7, 11) is 0. The van der Waals surface area contributed by atoms with E-state index < -0.39 is 0 Å². The van der Waals surface area contributed by atoms with Crippen molar-refractivity contribution in [1.29, 1.82) is 0 Å². The van der Waals surface area contributed by atoms with Gasteiger partial charge in [0.2, 0.25) is 0 Å². The number of furan rings is 1. The maximum absolute atomic E-state index is 5.44. The average Bonchev–Trinajstić information content (AvgIpc) is 2.89. The zero-order valence-electron chi connectivity index (χ0n) is 9.93. The molecule has 2 atom stereocenters. The second kappa shape index (κ2) is 4.22. The van der Waals surface area contributed by atoms with E-state index >= 15 is 0 Å². The first-order chi connectivity index (χ1) is 7.83. The van der Waals surface area contributed by atoms with E-state index in [2.05, 4.69) is 22.8 Å². The molecule has 0 N–H and O–H groups in total. The number of hydrogen-bond acceptors (Lipinski definition) is 3. The van der Waals surface area contributed by atoms with Crippen LogP contribution in [-0.4, -0.2) is 41.5 Å². The van der Waals surface area contributed by atoms with Crippen LogP contribution in [0.15, 0.2) is 22.8 Å². The van der Waals surface area contributed by atoms with Crippen LogP contribution in [0.1, 0.15) is 25.5 Å². The van der Waals surface area contributed by atoms with Crippen molar-refractivity contribution in [1.82, 2.24) is 9.80 Å². The lowest BCUT2D eigenvalue weighted by Crippen LogP contribution is -2.54. The van der Waals surface area contributed by atoms with Gasteiger partial charge in [-0.05, 0) is 38.4 Å². The van der Waals surface area contributed by atoms with Crippen molar-refractivity contribution in [2.75, 3.05) is 19.6 Å². The molecule has 16 heavy (non-hydrogen) atoms. The first kappa shape index (κ1) is 10.4. The summed E-state index contributed by atoms with van der Waals surface area (Å²) < 4.78 is 5.44. The monoisotopic (exact) mass is 220 g/mol. The van der Waals surface area contributed by atoms with Crippen molar-refractivity contribution in [3.8, 4) is 0 Å². The van der Waals surface area contributed by atoms with E-state index in [9.17, 15) is 0 Å². The molecule has 0 spiro atoms. The predicted octanol–water partition coefficient (Wildman–Crippen LogP) is 1.95. The summed E-state index contributed by atoms with van der Waals surface area (Å²) in [5.74, 6) is 1.10. The van der Waals surface area contributed by atoms with Gasteiger partial charge in [0.25, 0.3) is 0 Å². The molecular weight excluding hydrogens is 200 g/mol. The number of piperazine rings is 1. The van der Waals surface area contributed by atoms with Crippen LogP contribution >= 0.6 is 0 Å². The molecule has 2 aliphatic rings. The molecule has 3 rings (SSSR count). The van der Waals surface area contributed by atoms with Gasteiger partial charge in [-0.3, -0.25) is 9.80 Å². The van der Waals surface area contributed by atoms with E-state index in [1.807, 2.05) is 6.07 Å². The molecule has 3 heterocycles. The quantitative estimate of drug-likeness (QED) is 0.759. The Morgan fingerprint density at radius 1 is 1.44 bits per heavy atom. The van der Waals surface area contributed by atoms with Crippen molar-refractivity contribution in [2.24, 2.45) is 0 Å². The second-order valence-electron chi connectivity index (χ2n) is 5.15. The van der Waals surface area contributed by atoms with Gasteiger partial charge in [-0.1, -0.05) is 0 Å². The molecule has 3 heteroatoms. The Kier molecular flexibility index (Phi) is 2.74. The Hall–Kier alpha value is -0.800. The molecule has 2 fully saturated rings. The number of nitrogens with zero attached hydrogens (tertiary/aromatic N) is 2. The molecule has 0 amide bonds. The lowest BCUT2D eigenvalue weighted by molar-refractivity contribution is 0.0494. The van der Waals surface area contributed by atoms with Crippen LogP contribution in [0.4, 0.5) is 0 Å². The zero-order valence-corrected chi connectivity index (χ0v) is 9.93. The molecule has 0 radical (unpaired) electrons. The molecule has 1 aromatic rings. The smallest absolute Gasteiger partial charge is 0.117 e. The summed E-state index contributed by atoms with van der Waals surface area (Å²) >= 11 is 0. The molecular formula is C13H20N2O. The van der Waals surface area contributed by atoms with Gasteiger partial charge in [0, 0.05) is 25.2 Å². The minimum absolute atomic E-state index is 0.652. The molecule has 2 saturated heterocycles. The fourth-order valence-electron chi connectivity index (χ4n) is 3.07. The molecule has 2 aliphatic heterocycles. The lowest BCUT2D eigenvalue weighted by atomic mass is 10.1. The van der Waals surface area contributed by atoms with Crippen LogP contribution in [0.2, 0.25) is 0 Å². The molecule has 88 valence electrons. The normalized spacial score (nSPS) is 31.8. The molecule has 0 saturated carbocycles. The van der Waals surface area contributed by atoms with Crippen molar-refractivity contribution < 1.29 is 4.42 Å². The van der Waals surface area contributed by atoms with Gasteiger partial charge in [-0.2, -0.15) is 0 Å². The highest BCUT2D eigenvalue weighted by atomic mass is 16.3. The maximum Gasteiger partial charge on any atom is 0.117 e. The minimum Gasteiger partial charge on any atom is -0.468 e. The predicted molar refractivity (Wildman–Crippen MR) is 63.2 cm³/mol. The van der Waals surface area contributed by atoms with E-state index in [4.69, 9.17) is 4.42 Å². The number of hydrogen-bond donors (Lipinski definition) is 0. The van der Waals surface area contributed by atoms with Crippen LogP contribution in [0, 0.1) is 0 Å². The largest absolute Gasteiger partial charge is 0.468 e. The SMILES string of the molecule is CC1CN2CCCC2CN1Cc1ccco1. The molecule has 0 aromatic carbocycles. The van der Waals surface area contributed by atoms with Crippen LogP contribution in [0.25, 0.3) is 0 Å². The third-order valence-corrected chi connectivity index (χ3v) is 4.01. The molecule has 3 nitrogen and oxygen atoms in total. The second-order valence-corrected chi connectivity index (χ2v) is 5.15. The maximum atomic E-state index is 5.44. The summed E-state index contributed by atoms with van der Waals surface area (Å²) in [6.07, 6.45) is 4.53. The fourth-order valence-corrected chi connectivity index (χ4v) is 3.07. The number of fused-ring (bicyclic) bond motifs is 1. The van der Waals surface area contributed by atoms with Gasteiger partial charge in [0.1, 0.15) is 5.76 Å². The van der Waals surface area contributed by atoms with Gasteiger partial charge >= 0.3 is 0 Å². The summed E-state index contributed by atoms with van der Waals surface area (Å²) in [6, 6.07) is 5.50. The van der Waals surface area contributed by atoms with Crippen molar-refractivity contribution in [3.05, 3.63) is 24.2 Å². The third kappa shape index (κ3) is 1.89. The van der Waals surface area contributed by atoms with Crippen LogP contribution in [0.3, 0.4) is 0 Å². The Balaban J connectivity index is 1.66. The van der Waals surface area contributed by atoms with E-state index in [-0.39, 0.29) is 0 Å². The van der Waals surface area contributed by atoms with E-state index in [0.717, 1.165) is 18.3 Å². The van der Waals surface area contributed by atoms with Crippen molar-refractivity contribution >= 4 is 0 Å². The van der Waals surface area contributed by atoms with Gasteiger partial charge in [-0.25, -0.2) is 0 Å². The molecule has 0 aliphatic carbocycles. The van der Waals surface area contributed by atoms with Gasteiger partial charge < -0.3 is 4.42 Å². The summed E-state index contributed by atoms with van der Waals surface area (Å²) in [5, 5.41) is 0. The first-order valence-corrected chi connectivity index (χ1v) is 6.33. The topological polar surface area (TPSA) is 19.6 Å². The Morgan fingerprint density at radius 2 is 2.38 bits per heavy atom. The highest BCUT2D eigenvalue weighted by molar-refractivity contribution is 5.00. The van der Waals surface area contributed by atoms with Crippen LogP contribution < -0.4 is 0 Å². The molecule has 2 unspecified atom stereocenters. The van der Waals surface area contributed by atoms with Crippen molar-refractivity contribution in [2.45, 2.75) is 38.4 Å². The Labute approximate surface area is 97.0 Å². The van der Waals surface area contributed by atoms with E-state index in [0.29, 0.717) is 6.04 Å². The zero-order chi connectivity index (χ0) is 11.0. The first-order valence-electron chi connectivity index (χ1n) is 6.33. The lowest BCUT2D eigenvalue weighted by Gasteiger charge is -2.41. The standard InChI is InChI=1S/C13H20N2O/c1-11-8-14-6-2-4-12(14)9-15(11)10-13-5-3-7-16-13/h3,5,7,11-12H,2,4,6,8-10H2,1H3.